The lowest BCUT2D eigenvalue weighted by Gasteiger charge is -2.35. The molecule has 0 saturated carbocycles. The van der Waals surface area contributed by atoms with Gasteiger partial charge in [0.05, 0.1) is 34.9 Å². The molecule has 1 amide bonds. The van der Waals surface area contributed by atoms with Gasteiger partial charge in [-0.25, -0.2) is 9.37 Å². The van der Waals surface area contributed by atoms with Crippen LogP contribution in [-0.4, -0.2) is 68.7 Å². The highest BCUT2D eigenvalue weighted by Gasteiger charge is 2.22. The van der Waals surface area contributed by atoms with Crippen molar-refractivity contribution in [1.82, 2.24) is 24.5 Å². The molecule has 230 valence electrons. The van der Waals surface area contributed by atoms with Gasteiger partial charge in [0, 0.05) is 55.5 Å². The molecular formula is C34H35FN8O2. The predicted octanol–water partition coefficient (Wildman–Crippen LogP) is 4.88. The minimum atomic E-state index is -1.13. The van der Waals surface area contributed by atoms with E-state index in [2.05, 4.69) is 54.5 Å². The maximum atomic E-state index is 15.2. The van der Waals surface area contributed by atoms with Crippen LogP contribution in [0.1, 0.15) is 46.6 Å². The van der Waals surface area contributed by atoms with Crippen LogP contribution in [0.3, 0.4) is 0 Å². The first-order valence-corrected chi connectivity index (χ1v) is 14.7. The second-order valence-electron chi connectivity index (χ2n) is 11.8. The standard InChI is InChI=1S/C34H35FN8O2/c1-22-14-30(35)29(33(44)40-25-16-24(34(2,3)45)17-28(18-25)42-12-10-41(4)11-13-42)15-23(22)7-8-27-21-36-32-31(6-5-9-43(27)32)39-26-19-37-38-20-26/h5-6,9,14-21,39,45H,10-13H2,1-4H3,(H,37,38)(H,40,44). The molecule has 1 fully saturated rings. The fraction of sp³-hybridized carbons (Fsp3) is 0.265. The molecule has 6 rings (SSSR count). The van der Waals surface area contributed by atoms with Gasteiger partial charge in [-0.3, -0.25) is 14.3 Å². The largest absolute Gasteiger partial charge is 0.386 e. The zero-order valence-electron chi connectivity index (χ0n) is 25.6. The first-order valence-electron chi connectivity index (χ1n) is 14.7. The van der Waals surface area contributed by atoms with Gasteiger partial charge in [-0.15, -0.1) is 0 Å². The Morgan fingerprint density at radius 1 is 1.07 bits per heavy atom. The number of hydrogen-bond acceptors (Lipinski definition) is 7. The fourth-order valence-corrected chi connectivity index (χ4v) is 5.27. The second-order valence-corrected chi connectivity index (χ2v) is 11.8. The number of hydrogen-bond donors (Lipinski definition) is 4. The molecule has 0 unspecified atom stereocenters. The van der Waals surface area contributed by atoms with Crippen molar-refractivity contribution in [3.05, 3.63) is 101 Å². The lowest BCUT2D eigenvalue weighted by molar-refractivity contribution is 0.0786. The Morgan fingerprint density at radius 3 is 2.60 bits per heavy atom. The van der Waals surface area contributed by atoms with Crippen molar-refractivity contribution < 1.29 is 14.3 Å². The highest BCUT2D eigenvalue weighted by Crippen LogP contribution is 2.30. The van der Waals surface area contributed by atoms with Crippen molar-refractivity contribution in [3.8, 4) is 11.8 Å². The summed E-state index contributed by atoms with van der Waals surface area (Å²) >= 11 is 0. The number of rotatable bonds is 6. The van der Waals surface area contributed by atoms with Crippen molar-refractivity contribution >= 4 is 34.3 Å². The minimum Gasteiger partial charge on any atom is -0.386 e. The number of aromatic nitrogens is 4. The van der Waals surface area contributed by atoms with Gasteiger partial charge >= 0.3 is 0 Å². The van der Waals surface area contributed by atoms with Crippen LogP contribution in [-0.2, 0) is 5.60 Å². The summed E-state index contributed by atoms with van der Waals surface area (Å²) in [4.78, 5) is 22.5. The first kappa shape index (κ1) is 29.9. The summed E-state index contributed by atoms with van der Waals surface area (Å²) in [6.07, 6.45) is 6.95. The molecule has 45 heavy (non-hydrogen) atoms. The summed E-state index contributed by atoms with van der Waals surface area (Å²) < 4.78 is 17.0. The molecule has 0 aliphatic carbocycles. The van der Waals surface area contributed by atoms with Crippen LogP contribution in [0.2, 0.25) is 0 Å². The number of likely N-dealkylation sites (N-methyl/N-ethyl adjacent to an activating group) is 1. The summed E-state index contributed by atoms with van der Waals surface area (Å²) in [5, 5.41) is 23.7. The topological polar surface area (TPSA) is 114 Å². The van der Waals surface area contributed by atoms with E-state index in [9.17, 15) is 9.90 Å². The van der Waals surface area contributed by atoms with Crippen LogP contribution in [0.4, 0.5) is 27.1 Å². The Morgan fingerprint density at radius 2 is 1.87 bits per heavy atom. The summed E-state index contributed by atoms with van der Waals surface area (Å²) in [7, 11) is 2.08. The molecule has 0 atom stereocenters. The van der Waals surface area contributed by atoms with Gasteiger partial charge in [-0.05, 0) is 87.3 Å². The zero-order chi connectivity index (χ0) is 31.7. The van der Waals surface area contributed by atoms with Crippen molar-refractivity contribution in [2.75, 3.05) is 48.8 Å². The van der Waals surface area contributed by atoms with Crippen molar-refractivity contribution in [2.24, 2.45) is 0 Å². The van der Waals surface area contributed by atoms with Crippen molar-refractivity contribution in [3.63, 3.8) is 0 Å². The van der Waals surface area contributed by atoms with Gasteiger partial charge in [0.1, 0.15) is 11.5 Å². The Kier molecular flexibility index (Phi) is 8.01. The highest BCUT2D eigenvalue weighted by molar-refractivity contribution is 6.05. The molecule has 4 heterocycles. The maximum absolute atomic E-state index is 15.2. The molecule has 1 aliphatic rings. The van der Waals surface area contributed by atoms with E-state index >= 15 is 4.39 Å². The number of imidazole rings is 1. The SMILES string of the molecule is Cc1cc(F)c(C(=O)Nc2cc(N3CCN(C)CC3)cc(C(C)(C)O)c2)cc1C#Cc1cnc2c(Nc3cn[nH]c3)cccn12. The molecule has 0 bridgehead atoms. The number of aryl methyl sites for hydroxylation is 1. The van der Waals surface area contributed by atoms with Crippen molar-refractivity contribution in [2.45, 2.75) is 26.4 Å². The lowest BCUT2D eigenvalue weighted by atomic mass is 9.96. The number of anilines is 4. The van der Waals surface area contributed by atoms with E-state index in [-0.39, 0.29) is 5.56 Å². The lowest BCUT2D eigenvalue weighted by Crippen LogP contribution is -2.44. The van der Waals surface area contributed by atoms with Crippen LogP contribution in [0, 0.1) is 24.6 Å². The monoisotopic (exact) mass is 606 g/mol. The van der Waals surface area contributed by atoms with Crippen molar-refractivity contribution in [1.29, 1.82) is 0 Å². The molecule has 3 aromatic heterocycles. The number of carbonyl (C=O) groups is 1. The normalized spacial score (nSPS) is 13.9. The molecule has 10 nitrogen and oxygen atoms in total. The second kappa shape index (κ2) is 12.1. The number of aliphatic hydroxyl groups is 1. The summed E-state index contributed by atoms with van der Waals surface area (Å²) in [5.74, 6) is 5.00. The van der Waals surface area contributed by atoms with E-state index in [1.165, 1.54) is 12.1 Å². The summed E-state index contributed by atoms with van der Waals surface area (Å²) in [6.45, 7) is 8.62. The van der Waals surface area contributed by atoms with E-state index in [0.29, 0.717) is 33.7 Å². The molecule has 5 aromatic rings. The summed E-state index contributed by atoms with van der Waals surface area (Å²) in [6, 6.07) is 12.1. The number of halogens is 1. The highest BCUT2D eigenvalue weighted by atomic mass is 19.1. The third-order valence-electron chi connectivity index (χ3n) is 7.95. The van der Waals surface area contributed by atoms with Gasteiger partial charge < -0.3 is 25.5 Å². The summed E-state index contributed by atoms with van der Waals surface area (Å²) in [5.41, 5.74) is 4.80. The number of fused-ring (bicyclic) bond motifs is 1. The predicted molar refractivity (Wildman–Crippen MR) is 174 cm³/mol. The molecule has 2 aromatic carbocycles. The van der Waals surface area contributed by atoms with Crippen LogP contribution < -0.4 is 15.5 Å². The Bertz CT molecular complexity index is 1920. The number of nitrogens with zero attached hydrogens (tertiary/aromatic N) is 5. The molecule has 0 spiro atoms. The van der Waals surface area contributed by atoms with E-state index in [0.717, 1.165) is 43.2 Å². The van der Waals surface area contributed by atoms with E-state index in [4.69, 9.17) is 0 Å². The van der Waals surface area contributed by atoms with E-state index < -0.39 is 17.3 Å². The van der Waals surface area contributed by atoms with Crippen LogP contribution in [0.25, 0.3) is 5.65 Å². The minimum absolute atomic E-state index is 0.121. The molecule has 1 saturated heterocycles. The molecule has 11 heteroatoms. The van der Waals surface area contributed by atoms with Gasteiger partial charge in [-0.1, -0.05) is 5.92 Å². The van der Waals surface area contributed by atoms with Gasteiger partial charge in [0.15, 0.2) is 5.65 Å². The maximum Gasteiger partial charge on any atom is 0.258 e. The Balaban J connectivity index is 1.27. The molecule has 0 radical (unpaired) electrons. The van der Waals surface area contributed by atoms with Gasteiger partial charge in [0.25, 0.3) is 5.91 Å². The third-order valence-corrected chi connectivity index (χ3v) is 7.95. The number of nitrogens with one attached hydrogen (secondary N) is 3. The average molecular weight is 607 g/mol. The number of H-pyrrole nitrogens is 1. The zero-order valence-corrected chi connectivity index (χ0v) is 25.6. The Labute approximate surface area is 260 Å². The van der Waals surface area contributed by atoms with Gasteiger partial charge in [-0.2, -0.15) is 5.10 Å². The molecule has 4 N–H and O–H groups in total. The smallest absolute Gasteiger partial charge is 0.258 e. The van der Waals surface area contributed by atoms with Gasteiger partial charge in [0.2, 0.25) is 0 Å². The van der Waals surface area contributed by atoms with E-state index in [1.807, 2.05) is 34.9 Å². The van der Waals surface area contributed by atoms with Crippen LogP contribution in [0.5, 0.6) is 0 Å². The number of piperazine rings is 1. The third kappa shape index (κ3) is 6.52. The number of benzene rings is 2. The van der Waals surface area contributed by atoms with Crippen LogP contribution in [0.15, 0.2) is 67.3 Å². The van der Waals surface area contributed by atoms with E-state index in [1.54, 1.807) is 45.4 Å². The first-order chi connectivity index (χ1) is 21.5. The fourth-order valence-electron chi connectivity index (χ4n) is 5.27. The number of amides is 1. The molecule has 1 aliphatic heterocycles. The number of pyridine rings is 1. The quantitative estimate of drug-likeness (QED) is 0.204. The number of carbonyl (C=O) groups excluding carboxylic acids is 1. The number of aromatic amines is 1. The Hall–Kier alpha value is -5.18. The molecular weight excluding hydrogens is 571 g/mol. The average Bonchev–Trinajstić information content (AvgIpc) is 3.67. The van der Waals surface area contributed by atoms with Crippen LogP contribution >= 0.6 is 0 Å².